The number of esters is 2. The fourth-order valence-electron chi connectivity index (χ4n) is 3.95. The number of hydrogen-bond acceptors (Lipinski definition) is 10. The first-order chi connectivity index (χ1) is 19.2. The van der Waals surface area contributed by atoms with E-state index in [1.807, 2.05) is 0 Å². The van der Waals surface area contributed by atoms with Crippen molar-refractivity contribution in [2.24, 2.45) is 0 Å². The summed E-state index contributed by atoms with van der Waals surface area (Å²) in [7, 11) is 0. The molecule has 0 aromatic carbocycles. The van der Waals surface area contributed by atoms with E-state index in [9.17, 15) is 30.0 Å². The van der Waals surface area contributed by atoms with Gasteiger partial charge in [-0.3, -0.25) is 9.59 Å². The lowest BCUT2D eigenvalue weighted by atomic mass is 9.99. The predicted molar refractivity (Wildman–Crippen MR) is 153 cm³/mol. The van der Waals surface area contributed by atoms with Crippen LogP contribution in [-0.4, -0.2) is 89.0 Å². The van der Waals surface area contributed by atoms with Gasteiger partial charge in [0, 0.05) is 12.8 Å². The Labute approximate surface area is 241 Å². The smallest absolute Gasteiger partial charge is 0.306 e. The molecule has 0 spiro atoms. The Morgan fingerprint density at radius 3 is 1.73 bits per heavy atom. The van der Waals surface area contributed by atoms with Crippen molar-refractivity contribution in [3.63, 3.8) is 0 Å². The lowest BCUT2D eigenvalue weighted by molar-refractivity contribution is -0.305. The third kappa shape index (κ3) is 18.2. The van der Waals surface area contributed by atoms with E-state index in [0.29, 0.717) is 6.42 Å². The average molecular weight is 579 g/mol. The van der Waals surface area contributed by atoms with Gasteiger partial charge in [-0.25, -0.2) is 0 Å². The van der Waals surface area contributed by atoms with Crippen LogP contribution in [0.2, 0.25) is 0 Å². The van der Waals surface area contributed by atoms with E-state index < -0.39 is 49.4 Å². The van der Waals surface area contributed by atoms with Gasteiger partial charge in [0.05, 0.1) is 13.2 Å². The van der Waals surface area contributed by atoms with E-state index >= 15 is 0 Å². The molecule has 40 heavy (non-hydrogen) atoms. The lowest BCUT2D eigenvalue weighted by Crippen LogP contribution is -2.59. The van der Waals surface area contributed by atoms with E-state index in [2.05, 4.69) is 27.7 Å². The molecule has 0 aromatic rings. The van der Waals surface area contributed by atoms with E-state index in [1.165, 1.54) is 19.3 Å². The van der Waals surface area contributed by atoms with Crippen LogP contribution in [0.25, 0.3) is 0 Å². The molecule has 0 aromatic heterocycles. The molecule has 1 fully saturated rings. The molecule has 238 valence electrons. The molecule has 0 saturated carbocycles. The minimum Gasteiger partial charge on any atom is -0.462 e. The first kappa shape index (κ1) is 38.7. The lowest BCUT2D eigenvalue weighted by Gasteiger charge is -2.39. The van der Waals surface area contributed by atoms with Gasteiger partial charge in [0.1, 0.15) is 31.0 Å². The molecule has 0 bridgehead atoms. The number of aliphatic hydroxyl groups excluding tert-OH is 4. The molecule has 0 amide bonds. The van der Waals surface area contributed by atoms with E-state index in [1.54, 1.807) is 0 Å². The highest BCUT2D eigenvalue weighted by Gasteiger charge is 2.44. The molecular weight excluding hydrogens is 520 g/mol. The van der Waals surface area contributed by atoms with Gasteiger partial charge in [-0.05, 0) is 12.8 Å². The standard InChI is InChI=1S/C26H48O10.C4H10/c1-3-5-7-9-11-12-14-21(28)33-17-19(35-22(29)15-13-10-8-6-4-2)18-34-26-25(32)24(31)23(30)20(16-27)36-26;1-3-4-2/h19-20,23-27,30-32H,3-18H2,1-2H3;3-4H2,1-2H3/t19-,20-,23+,24+,25-,26-;/m1./s1. The molecule has 0 aliphatic carbocycles. The highest BCUT2D eigenvalue weighted by atomic mass is 16.7. The maximum absolute atomic E-state index is 12.3. The number of rotatable bonds is 21. The molecule has 6 atom stereocenters. The summed E-state index contributed by atoms with van der Waals surface area (Å²) in [6.45, 7) is 7.55. The van der Waals surface area contributed by atoms with Crippen LogP contribution in [0, 0.1) is 0 Å². The van der Waals surface area contributed by atoms with Crippen LogP contribution in [-0.2, 0) is 28.5 Å². The normalized spacial score (nSPS) is 23.1. The summed E-state index contributed by atoms with van der Waals surface area (Å²) in [6.07, 6.45) is 6.18. The third-order valence-corrected chi connectivity index (χ3v) is 6.74. The van der Waals surface area contributed by atoms with Gasteiger partial charge in [-0.15, -0.1) is 0 Å². The molecule has 1 aliphatic heterocycles. The zero-order valence-corrected chi connectivity index (χ0v) is 25.4. The quantitative estimate of drug-likeness (QED) is 0.115. The van der Waals surface area contributed by atoms with E-state index in [-0.39, 0.29) is 32.0 Å². The summed E-state index contributed by atoms with van der Waals surface area (Å²) in [5, 5.41) is 39.3. The van der Waals surface area contributed by atoms with Crippen molar-refractivity contribution in [1.29, 1.82) is 0 Å². The number of carbonyl (C=O) groups is 2. The highest BCUT2D eigenvalue weighted by Crippen LogP contribution is 2.22. The zero-order chi connectivity index (χ0) is 30.2. The second-order valence-electron chi connectivity index (χ2n) is 10.5. The van der Waals surface area contributed by atoms with Gasteiger partial charge in [-0.2, -0.15) is 0 Å². The number of ether oxygens (including phenoxy) is 4. The molecule has 4 N–H and O–H groups in total. The largest absolute Gasteiger partial charge is 0.462 e. The van der Waals surface area contributed by atoms with Gasteiger partial charge in [0.15, 0.2) is 12.4 Å². The topological polar surface area (TPSA) is 152 Å². The number of carbonyl (C=O) groups excluding carboxylic acids is 2. The van der Waals surface area contributed by atoms with Crippen molar-refractivity contribution in [2.45, 2.75) is 161 Å². The van der Waals surface area contributed by atoms with Crippen LogP contribution in [0.5, 0.6) is 0 Å². The number of hydrogen-bond donors (Lipinski definition) is 4. The molecule has 1 rings (SSSR count). The summed E-state index contributed by atoms with van der Waals surface area (Å²) in [5.41, 5.74) is 0. The Morgan fingerprint density at radius 2 is 1.20 bits per heavy atom. The van der Waals surface area contributed by atoms with Crippen molar-refractivity contribution >= 4 is 11.9 Å². The first-order valence-corrected chi connectivity index (χ1v) is 15.5. The first-order valence-electron chi connectivity index (χ1n) is 15.5. The monoisotopic (exact) mass is 578 g/mol. The highest BCUT2D eigenvalue weighted by molar-refractivity contribution is 5.70. The summed E-state index contributed by atoms with van der Waals surface area (Å²) in [6, 6.07) is 0. The average Bonchev–Trinajstić information content (AvgIpc) is 2.95. The van der Waals surface area contributed by atoms with Gasteiger partial charge >= 0.3 is 11.9 Å². The summed E-state index contributed by atoms with van der Waals surface area (Å²) < 4.78 is 21.6. The summed E-state index contributed by atoms with van der Waals surface area (Å²) in [4.78, 5) is 24.5. The Balaban J connectivity index is 0.00000354. The van der Waals surface area contributed by atoms with E-state index in [0.717, 1.165) is 57.8 Å². The van der Waals surface area contributed by atoms with E-state index in [4.69, 9.17) is 18.9 Å². The van der Waals surface area contributed by atoms with Crippen molar-refractivity contribution in [1.82, 2.24) is 0 Å². The molecule has 1 saturated heterocycles. The molecule has 0 radical (unpaired) electrons. The van der Waals surface area contributed by atoms with Crippen molar-refractivity contribution in [2.75, 3.05) is 19.8 Å². The second kappa shape index (κ2) is 25.4. The summed E-state index contributed by atoms with van der Waals surface area (Å²) in [5.74, 6) is -0.833. The molecule has 10 heteroatoms. The predicted octanol–water partition coefficient (Wildman–Crippen LogP) is 4.18. The fraction of sp³-hybridized carbons (Fsp3) is 0.933. The Morgan fingerprint density at radius 1 is 0.675 bits per heavy atom. The van der Waals surface area contributed by atoms with Gasteiger partial charge in [0.2, 0.25) is 0 Å². The maximum Gasteiger partial charge on any atom is 0.306 e. The van der Waals surface area contributed by atoms with Crippen LogP contribution < -0.4 is 0 Å². The van der Waals surface area contributed by atoms with Crippen LogP contribution in [0.4, 0.5) is 0 Å². The van der Waals surface area contributed by atoms with Gasteiger partial charge in [0.25, 0.3) is 0 Å². The van der Waals surface area contributed by atoms with Crippen LogP contribution >= 0.6 is 0 Å². The molecular formula is C30H58O10. The van der Waals surface area contributed by atoms with Crippen LogP contribution in [0.3, 0.4) is 0 Å². The van der Waals surface area contributed by atoms with Gasteiger partial charge < -0.3 is 39.4 Å². The Hall–Kier alpha value is -1.30. The minimum atomic E-state index is -1.58. The number of unbranched alkanes of at least 4 members (excludes halogenated alkanes) is 10. The van der Waals surface area contributed by atoms with Crippen molar-refractivity contribution < 1.29 is 49.0 Å². The molecule has 1 heterocycles. The molecule has 1 aliphatic rings. The second-order valence-corrected chi connectivity index (χ2v) is 10.5. The SMILES string of the molecule is CCCC.CCCCCCCCC(=O)OC[C@H](CO[C@@H]1O[C@H](CO)[C@H](O)[C@H](O)[C@H]1O)OC(=O)CCCCCCC. The molecule has 0 unspecified atom stereocenters. The summed E-state index contributed by atoms with van der Waals surface area (Å²) >= 11 is 0. The fourth-order valence-corrected chi connectivity index (χ4v) is 3.95. The van der Waals surface area contributed by atoms with Gasteiger partial charge in [-0.1, -0.05) is 98.3 Å². The van der Waals surface area contributed by atoms with Crippen LogP contribution in [0.1, 0.15) is 124 Å². The molecule has 10 nitrogen and oxygen atoms in total. The van der Waals surface area contributed by atoms with Crippen molar-refractivity contribution in [3.8, 4) is 0 Å². The van der Waals surface area contributed by atoms with Crippen LogP contribution in [0.15, 0.2) is 0 Å². The Bertz CT molecular complexity index is 613. The minimum absolute atomic E-state index is 0.215. The Kier molecular flexibility index (Phi) is 24.6. The number of aliphatic hydroxyl groups is 4. The third-order valence-electron chi connectivity index (χ3n) is 6.74. The van der Waals surface area contributed by atoms with Crippen molar-refractivity contribution in [3.05, 3.63) is 0 Å². The maximum atomic E-state index is 12.3. The zero-order valence-electron chi connectivity index (χ0n) is 25.4.